The van der Waals surface area contributed by atoms with Crippen LogP contribution in [0.3, 0.4) is 0 Å². The Morgan fingerprint density at radius 3 is 2.46 bits per heavy atom. The number of nitrogens with zero attached hydrogens (tertiary/aromatic N) is 4. The number of imidazole rings is 1. The summed E-state index contributed by atoms with van der Waals surface area (Å²) >= 11 is 1.04. The summed E-state index contributed by atoms with van der Waals surface area (Å²) in [6.07, 6.45) is 0.986. The van der Waals surface area contributed by atoms with Crippen molar-refractivity contribution in [3.05, 3.63) is 56.7 Å². The van der Waals surface area contributed by atoms with Crippen LogP contribution in [-0.2, 0) is 31.9 Å². The highest BCUT2D eigenvalue weighted by atomic mass is 32.2. The van der Waals surface area contributed by atoms with E-state index >= 15 is 0 Å². The fourth-order valence-corrected chi connectivity index (χ4v) is 4.00. The summed E-state index contributed by atoms with van der Waals surface area (Å²) in [5.74, 6) is -1.18. The Bertz CT molecular complexity index is 1130. The van der Waals surface area contributed by atoms with Crippen LogP contribution in [0.15, 0.2) is 45.1 Å². The molecule has 0 N–H and O–H groups in total. The van der Waals surface area contributed by atoms with Crippen LogP contribution in [0.5, 0.6) is 0 Å². The lowest BCUT2D eigenvalue weighted by atomic mass is 10.1. The quantitative estimate of drug-likeness (QED) is 0.528. The van der Waals surface area contributed by atoms with Crippen LogP contribution < -0.4 is 16.4 Å². The lowest BCUT2D eigenvalue weighted by Gasteiger charge is -2.16. The topological polar surface area (TPSA) is 102 Å². The number of carboxylic acids is 1. The number of aliphatic carboxylic acids is 1. The van der Waals surface area contributed by atoms with Gasteiger partial charge in [-0.25, -0.2) is 9.78 Å². The molecule has 9 heteroatoms. The Labute approximate surface area is 165 Å². The van der Waals surface area contributed by atoms with Gasteiger partial charge in [-0.1, -0.05) is 49.0 Å². The highest BCUT2D eigenvalue weighted by Gasteiger charge is 2.22. The van der Waals surface area contributed by atoms with Crippen molar-refractivity contribution in [2.24, 2.45) is 14.1 Å². The summed E-state index contributed by atoms with van der Waals surface area (Å²) in [6, 6.07) is 9.76. The first-order valence-corrected chi connectivity index (χ1v) is 9.80. The van der Waals surface area contributed by atoms with Crippen molar-refractivity contribution < 1.29 is 9.90 Å². The Balaban J connectivity index is 2.16. The van der Waals surface area contributed by atoms with E-state index in [0.717, 1.165) is 21.9 Å². The number of hydrogen-bond acceptors (Lipinski definition) is 6. The number of carboxylic acid groups (broad SMARTS) is 1. The van der Waals surface area contributed by atoms with Gasteiger partial charge in [0.05, 0.1) is 11.2 Å². The Morgan fingerprint density at radius 1 is 1.18 bits per heavy atom. The molecule has 0 amide bonds. The molecule has 0 fully saturated rings. The van der Waals surface area contributed by atoms with E-state index in [4.69, 9.17) is 0 Å². The van der Waals surface area contributed by atoms with E-state index in [9.17, 15) is 19.5 Å². The maximum atomic E-state index is 12.8. The van der Waals surface area contributed by atoms with E-state index in [1.165, 1.54) is 11.6 Å². The number of carbonyl (C=O) groups excluding carboxylic acids is 1. The zero-order valence-electron chi connectivity index (χ0n) is 15.9. The summed E-state index contributed by atoms with van der Waals surface area (Å²) in [7, 11) is 2.96. The molecule has 0 saturated carbocycles. The third-order valence-corrected chi connectivity index (χ3v) is 5.99. The second kappa shape index (κ2) is 8.05. The van der Waals surface area contributed by atoms with E-state index < -0.39 is 22.5 Å². The van der Waals surface area contributed by atoms with Gasteiger partial charge in [-0.3, -0.25) is 13.9 Å². The van der Waals surface area contributed by atoms with Crippen molar-refractivity contribution >= 4 is 28.9 Å². The molecule has 0 bridgehead atoms. The molecule has 1 atom stereocenters. The third-order valence-electron chi connectivity index (χ3n) is 4.66. The summed E-state index contributed by atoms with van der Waals surface area (Å²) < 4.78 is 4.05. The average molecular weight is 401 g/mol. The molecule has 8 nitrogen and oxygen atoms in total. The van der Waals surface area contributed by atoms with Crippen LogP contribution in [-0.4, -0.2) is 29.9 Å². The van der Waals surface area contributed by atoms with Crippen molar-refractivity contribution in [1.29, 1.82) is 0 Å². The molecular weight excluding hydrogens is 380 g/mol. The lowest BCUT2D eigenvalue weighted by molar-refractivity contribution is -0.304. The van der Waals surface area contributed by atoms with E-state index in [1.807, 2.05) is 30.3 Å². The lowest BCUT2D eigenvalue weighted by Crippen LogP contribution is -2.37. The first-order chi connectivity index (χ1) is 13.3. The highest BCUT2D eigenvalue weighted by molar-refractivity contribution is 8.00. The number of fused-ring (bicyclic) bond motifs is 1. The number of benzene rings is 1. The fraction of sp³-hybridized carbons (Fsp3) is 0.368. The van der Waals surface area contributed by atoms with Gasteiger partial charge in [0.15, 0.2) is 16.3 Å². The molecule has 0 aliphatic carbocycles. The Kier molecular flexibility index (Phi) is 5.73. The number of aryl methyl sites for hydroxylation is 3. The molecule has 2 aromatic heterocycles. The molecule has 1 aromatic carbocycles. The monoisotopic (exact) mass is 401 g/mol. The van der Waals surface area contributed by atoms with Crippen molar-refractivity contribution in [1.82, 2.24) is 18.7 Å². The molecule has 148 valence electrons. The van der Waals surface area contributed by atoms with Crippen LogP contribution in [0.4, 0.5) is 0 Å². The van der Waals surface area contributed by atoms with Crippen molar-refractivity contribution in [3.8, 4) is 0 Å². The van der Waals surface area contributed by atoms with Gasteiger partial charge in [-0.05, 0) is 18.4 Å². The average Bonchev–Trinajstić information content (AvgIpc) is 3.06. The van der Waals surface area contributed by atoms with Gasteiger partial charge < -0.3 is 14.5 Å². The number of thioether (sulfide) groups is 1. The third kappa shape index (κ3) is 3.62. The smallest absolute Gasteiger partial charge is 0.332 e. The first kappa shape index (κ1) is 19.9. The molecule has 0 aliphatic heterocycles. The summed E-state index contributed by atoms with van der Waals surface area (Å²) in [4.78, 5) is 40.9. The maximum absolute atomic E-state index is 12.8. The largest absolute Gasteiger partial charge is 0.549 e. The summed E-state index contributed by atoms with van der Waals surface area (Å²) in [6.45, 7) is 2.18. The van der Waals surface area contributed by atoms with Gasteiger partial charge in [-0.2, -0.15) is 0 Å². The van der Waals surface area contributed by atoms with Crippen LogP contribution in [0.2, 0.25) is 0 Å². The number of hydrogen-bond donors (Lipinski definition) is 0. The zero-order chi connectivity index (χ0) is 20.4. The number of aromatic nitrogens is 4. The zero-order valence-corrected chi connectivity index (χ0v) is 16.7. The molecule has 0 saturated heterocycles. The molecule has 0 aliphatic rings. The molecular formula is C19H21N4O4S-. The standard InChI is InChI=1S/C19H22N4O4S/c1-4-13(17(25)26)28-18-20-15-14(16(24)22(3)19(27)21(15)2)23(18)11-10-12-8-6-5-7-9-12/h5-9,13H,4,10-11H2,1-3H3,(H,25,26)/p-1/t13-/m1/s1. The van der Waals surface area contributed by atoms with E-state index in [2.05, 4.69) is 4.98 Å². The minimum absolute atomic E-state index is 0.247. The minimum Gasteiger partial charge on any atom is -0.549 e. The van der Waals surface area contributed by atoms with E-state index in [0.29, 0.717) is 24.5 Å². The van der Waals surface area contributed by atoms with E-state index in [1.54, 1.807) is 18.5 Å². The first-order valence-electron chi connectivity index (χ1n) is 8.92. The molecule has 3 rings (SSSR count). The van der Waals surface area contributed by atoms with Crippen molar-refractivity contribution in [2.45, 2.75) is 36.7 Å². The molecule has 0 spiro atoms. The van der Waals surface area contributed by atoms with Crippen molar-refractivity contribution in [3.63, 3.8) is 0 Å². The second-order valence-corrected chi connectivity index (χ2v) is 7.66. The van der Waals surface area contributed by atoms with Gasteiger partial charge in [0, 0.05) is 20.6 Å². The molecule has 0 unspecified atom stereocenters. The van der Waals surface area contributed by atoms with Crippen LogP contribution in [0, 0.1) is 0 Å². The molecule has 28 heavy (non-hydrogen) atoms. The Hall–Kier alpha value is -2.81. The SMILES string of the molecule is CC[C@@H](Sc1nc2c(c(=O)n(C)c(=O)n2C)n1CCc1ccccc1)C(=O)[O-]. The molecule has 0 radical (unpaired) electrons. The van der Waals surface area contributed by atoms with Crippen LogP contribution >= 0.6 is 11.8 Å². The molecule has 3 aromatic rings. The minimum atomic E-state index is -1.18. The molecule has 2 heterocycles. The second-order valence-electron chi connectivity index (χ2n) is 6.49. The van der Waals surface area contributed by atoms with Gasteiger partial charge in [-0.15, -0.1) is 0 Å². The summed E-state index contributed by atoms with van der Waals surface area (Å²) in [5, 5.41) is 11.0. The Morgan fingerprint density at radius 2 is 1.86 bits per heavy atom. The van der Waals surface area contributed by atoms with Crippen LogP contribution in [0.1, 0.15) is 18.9 Å². The van der Waals surface area contributed by atoms with Crippen molar-refractivity contribution in [2.75, 3.05) is 0 Å². The van der Waals surface area contributed by atoms with Crippen LogP contribution in [0.25, 0.3) is 11.2 Å². The van der Waals surface area contributed by atoms with E-state index in [-0.39, 0.29) is 11.2 Å². The maximum Gasteiger partial charge on any atom is 0.332 e. The van der Waals surface area contributed by atoms with Gasteiger partial charge >= 0.3 is 5.69 Å². The predicted octanol–water partition coefficient (Wildman–Crippen LogP) is 0.297. The highest BCUT2D eigenvalue weighted by Crippen LogP contribution is 2.27. The summed E-state index contributed by atoms with van der Waals surface area (Å²) in [5.41, 5.74) is 0.683. The normalized spacial score (nSPS) is 12.4. The van der Waals surface area contributed by atoms with Gasteiger partial charge in [0.1, 0.15) is 0 Å². The number of carbonyl (C=O) groups is 1. The fourth-order valence-electron chi connectivity index (χ4n) is 3.03. The number of rotatable bonds is 7. The predicted molar refractivity (Wildman–Crippen MR) is 105 cm³/mol. The van der Waals surface area contributed by atoms with Gasteiger partial charge in [0.2, 0.25) is 0 Å². The van der Waals surface area contributed by atoms with Gasteiger partial charge in [0.25, 0.3) is 5.56 Å².